The van der Waals surface area contributed by atoms with E-state index in [-0.39, 0.29) is 11.7 Å². The molecule has 2 rings (SSSR count). The van der Waals surface area contributed by atoms with Gasteiger partial charge >= 0.3 is 11.9 Å². The Balaban J connectivity index is 1.94. The highest BCUT2D eigenvalue weighted by atomic mass is 79.9. The summed E-state index contributed by atoms with van der Waals surface area (Å²) in [6.45, 7) is 1.21. The molecule has 7 nitrogen and oxygen atoms in total. The number of carbonyl (C=O) groups excluding carboxylic acids is 4. The number of benzene rings is 1. The van der Waals surface area contributed by atoms with Crippen molar-refractivity contribution in [2.24, 2.45) is 0 Å². The van der Waals surface area contributed by atoms with E-state index >= 15 is 0 Å². The maximum atomic E-state index is 12.1. The number of thioether (sulfide) groups is 1. The van der Waals surface area contributed by atoms with Gasteiger partial charge in [-0.15, -0.1) is 0 Å². The van der Waals surface area contributed by atoms with Crippen molar-refractivity contribution in [2.75, 3.05) is 7.11 Å². The highest BCUT2D eigenvalue weighted by Crippen LogP contribution is 2.35. The topological polar surface area (TPSA) is 90.0 Å². The number of nitrogens with zero attached hydrogens (tertiary/aromatic N) is 1. The van der Waals surface area contributed by atoms with Gasteiger partial charge in [-0.05, 0) is 17.7 Å². The van der Waals surface area contributed by atoms with Crippen molar-refractivity contribution >= 4 is 50.6 Å². The Hall–Kier alpha value is -1.87. The quantitative estimate of drug-likeness (QED) is 0.318. The molecule has 1 aliphatic heterocycles. The van der Waals surface area contributed by atoms with E-state index in [2.05, 4.69) is 15.9 Å². The lowest BCUT2D eigenvalue weighted by Gasteiger charge is -2.40. The highest BCUT2D eigenvalue weighted by Gasteiger charge is 2.52. The average molecular weight is 416 g/mol. The number of halogens is 1. The molecule has 0 saturated carbocycles. The zero-order chi connectivity index (χ0) is 17.9. The first kappa shape index (κ1) is 18.5. The Morgan fingerprint density at radius 2 is 1.88 bits per heavy atom. The monoisotopic (exact) mass is 415 g/mol. The lowest BCUT2D eigenvalue weighted by molar-refractivity contribution is -0.168. The number of methoxy groups -OCH3 is 1. The second-order valence-electron chi connectivity index (χ2n) is 4.84. The molecule has 0 N–H and O–H groups in total. The van der Waals surface area contributed by atoms with E-state index in [1.54, 1.807) is 24.3 Å². The molecule has 0 spiro atoms. The molecule has 1 aromatic carbocycles. The molecular formula is C15H14BrNO6S. The van der Waals surface area contributed by atoms with E-state index in [1.807, 2.05) is 0 Å². The van der Waals surface area contributed by atoms with Gasteiger partial charge < -0.3 is 9.47 Å². The summed E-state index contributed by atoms with van der Waals surface area (Å²) in [6.07, 6.45) is 0. The standard InChI is InChI=1S/C15H14BrNO6S/c1-8(18)24-14-11(16)12(19)17(14)13(20)15(21)23-7-9-3-5-10(22-2)6-4-9/h3-6,11,14H,7H2,1-2H3/t11-,14+/m0/s1. The zero-order valence-corrected chi connectivity index (χ0v) is 15.3. The fourth-order valence-corrected chi connectivity index (χ4v) is 3.62. The Morgan fingerprint density at radius 3 is 2.42 bits per heavy atom. The summed E-state index contributed by atoms with van der Waals surface area (Å²) in [5.74, 6) is -2.14. The predicted octanol–water partition coefficient (Wildman–Crippen LogP) is 1.48. The molecule has 9 heteroatoms. The second-order valence-corrected chi connectivity index (χ2v) is 7.12. The van der Waals surface area contributed by atoms with Gasteiger partial charge in [-0.25, -0.2) is 4.79 Å². The molecule has 1 fully saturated rings. The van der Waals surface area contributed by atoms with Gasteiger partial charge in [0.2, 0.25) is 5.91 Å². The first-order valence-electron chi connectivity index (χ1n) is 6.83. The number of alkyl halides is 1. The van der Waals surface area contributed by atoms with Gasteiger partial charge in [0, 0.05) is 6.92 Å². The van der Waals surface area contributed by atoms with Crippen LogP contribution in [-0.2, 0) is 30.5 Å². The number of β-lactam (4-membered cyclic amide) rings is 1. The van der Waals surface area contributed by atoms with Crippen LogP contribution in [0.5, 0.6) is 5.75 Å². The highest BCUT2D eigenvalue weighted by molar-refractivity contribution is 9.10. The average Bonchev–Trinajstić information content (AvgIpc) is 2.58. The maximum Gasteiger partial charge on any atom is 0.397 e. The minimum absolute atomic E-state index is 0.112. The molecule has 0 bridgehead atoms. The molecule has 0 aliphatic carbocycles. The fraction of sp³-hybridized carbons (Fsp3) is 0.333. The molecule has 2 atom stereocenters. The molecule has 0 radical (unpaired) electrons. The minimum Gasteiger partial charge on any atom is -0.497 e. The lowest BCUT2D eigenvalue weighted by atomic mass is 10.2. The molecule has 0 aromatic heterocycles. The van der Waals surface area contributed by atoms with E-state index in [4.69, 9.17) is 9.47 Å². The van der Waals surface area contributed by atoms with E-state index in [0.717, 1.165) is 16.7 Å². The summed E-state index contributed by atoms with van der Waals surface area (Å²) >= 11 is 3.89. The SMILES string of the molecule is COc1ccc(COC(=O)C(=O)N2C(=O)[C@H](Br)[C@H]2SC(C)=O)cc1. The van der Waals surface area contributed by atoms with Crippen LogP contribution < -0.4 is 4.74 Å². The smallest absolute Gasteiger partial charge is 0.397 e. The van der Waals surface area contributed by atoms with Crippen LogP contribution >= 0.6 is 27.7 Å². The molecule has 1 heterocycles. The number of carbonyl (C=O) groups is 4. The number of ether oxygens (including phenoxy) is 2. The van der Waals surface area contributed by atoms with Crippen LogP contribution in [0.15, 0.2) is 24.3 Å². The van der Waals surface area contributed by atoms with Crippen molar-refractivity contribution in [2.45, 2.75) is 23.7 Å². The summed E-state index contributed by atoms with van der Waals surface area (Å²) in [5.41, 5.74) is 0.667. The van der Waals surface area contributed by atoms with Gasteiger partial charge in [0.15, 0.2) is 5.12 Å². The number of imide groups is 1. The predicted molar refractivity (Wildman–Crippen MR) is 89.4 cm³/mol. The fourth-order valence-electron chi connectivity index (χ4n) is 1.96. The van der Waals surface area contributed by atoms with Gasteiger partial charge in [-0.1, -0.05) is 39.8 Å². The van der Waals surface area contributed by atoms with E-state index in [0.29, 0.717) is 11.3 Å². The molecule has 1 aliphatic rings. The van der Waals surface area contributed by atoms with Crippen LogP contribution in [0.25, 0.3) is 0 Å². The Kier molecular flexibility index (Phi) is 6.00. The van der Waals surface area contributed by atoms with E-state index in [1.165, 1.54) is 14.0 Å². The normalized spacial score (nSPS) is 19.5. The summed E-state index contributed by atoms with van der Waals surface area (Å²) in [5, 5.41) is -1.00. The Bertz CT molecular complexity index is 677. The van der Waals surface area contributed by atoms with Crippen LogP contribution in [0.3, 0.4) is 0 Å². The number of hydrogen-bond acceptors (Lipinski definition) is 7. The van der Waals surface area contributed by atoms with Gasteiger partial charge in [0.25, 0.3) is 0 Å². The van der Waals surface area contributed by atoms with Gasteiger partial charge in [-0.2, -0.15) is 0 Å². The zero-order valence-electron chi connectivity index (χ0n) is 12.9. The van der Waals surface area contributed by atoms with Crippen LogP contribution in [0.1, 0.15) is 12.5 Å². The third kappa shape index (κ3) is 3.96. The molecule has 2 amide bonds. The second kappa shape index (κ2) is 7.80. The number of esters is 1. The Labute approximate surface area is 150 Å². The summed E-state index contributed by atoms with van der Waals surface area (Å²) in [7, 11) is 1.53. The first-order chi connectivity index (χ1) is 11.3. The summed E-state index contributed by atoms with van der Waals surface area (Å²) in [6, 6.07) is 6.76. The molecule has 128 valence electrons. The molecule has 24 heavy (non-hydrogen) atoms. The number of likely N-dealkylation sites (tertiary alicyclic amines) is 1. The maximum absolute atomic E-state index is 12.1. The van der Waals surface area contributed by atoms with Crippen molar-refractivity contribution in [1.82, 2.24) is 4.90 Å². The van der Waals surface area contributed by atoms with Crippen molar-refractivity contribution in [3.05, 3.63) is 29.8 Å². The molecule has 1 saturated heterocycles. The van der Waals surface area contributed by atoms with E-state index < -0.39 is 28.0 Å². The third-order valence-electron chi connectivity index (χ3n) is 3.19. The largest absolute Gasteiger partial charge is 0.497 e. The summed E-state index contributed by atoms with van der Waals surface area (Å²) < 4.78 is 9.94. The van der Waals surface area contributed by atoms with Crippen LogP contribution in [-0.4, -0.2) is 45.1 Å². The molecule has 0 unspecified atom stereocenters. The van der Waals surface area contributed by atoms with Crippen molar-refractivity contribution < 1.29 is 28.7 Å². The van der Waals surface area contributed by atoms with Gasteiger partial charge in [0.1, 0.15) is 22.6 Å². The molecular weight excluding hydrogens is 402 g/mol. The number of hydrogen-bond donors (Lipinski definition) is 0. The summed E-state index contributed by atoms with van der Waals surface area (Å²) in [4.78, 5) is 46.9. The van der Waals surface area contributed by atoms with Crippen molar-refractivity contribution in [3.63, 3.8) is 0 Å². The first-order valence-corrected chi connectivity index (χ1v) is 8.63. The van der Waals surface area contributed by atoms with Crippen LogP contribution in [0.4, 0.5) is 0 Å². The number of amides is 2. The van der Waals surface area contributed by atoms with Gasteiger partial charge in [0.05, 0.1) is 7.11 Å². The third-order valence-corrected chi connectivity index (χ3v) is 5.49. The molecule has 1 aromatic rings. The van der Waals surface area contributed by atoms with Crippen LogP contribution in [0.2, 0.25) is 0 Å². The Morgan fingerprint density at radius 1 is 1.25 bits per heavy atom. The minimum atomic E-state index is -1.15. The van der Waals surface area contributed by atoms with E-state index in [9.17, 15) is 19.2 Å². The van der Waals surface area contributed by atoms with Crippen molar-refractivity contribution in [1.29, 1.82) is 0 Å². The lowest BCUT2D eigenvalue weighted by Crippen LogP contribution is -2.64. The van der Waals surface area contributed by atoms with Crippen LogP contribution in [0, 0.1) is 0 Å². The van der Waals surface area contributed by atoms with Gasteiger partial charge in [-0.3, -0.25) is 19.3 Å². The van der Waals surface area contributed by atoms with Crippen molar-refractivity contribution in [3.8, 4) is 5.75 Å². The number of rotatable bonds is 4.